The van der Waals surface area contributed by atoms with E-state index < -0.39 is 0 Å². The Morgan fingerprint density at radius 2 is 1.91 bits per heavy atom. The molecule has 1 aromatic rings. The molecule has 0 saturated carbocycles. The zero-order valence-electron chi connectivity index (χ0n) is 14.3. The van der Waals surface area contributed by atoms with Crippen molar-refractivity contribution >= 4 is 11.7 Å². The zero-order valence-corrected chi connectivity index (χ0v) is 14.3. The number of carbonyl (C=O) groups is 1. The van der Waals surface area contributed by atoms with Crippen LogP contribution in [-0.2, 0) is 0 Å². The average Bonchev–Trinajstić information content (AvgIpc) is 2.61. The minimum absolute atomic E-state index is 0.0415. The van der Waals surface area contributed by atoms with Crippen LogP contribution in [0.5, 0.6) is 11.5 Å². The van der Waals surface area contributed by atoms with E-state index in [4.69, 9.17) is 9.47 Å². The Kier molecular flexibility index (Phi) is 6.38. The van der Waals surface area contributed by atoms with Gasteiger partial charge >= 0.3 is 6.03 Å². The van der Waals surface area contributed by atoms with Crippen molar-refractivity contribution < 1.29 is 14.3 Å². The van der Waals surface area contributed by atoms with E-state index in [0.717, 1.165) is 49.7 Å². The molecule has 1 aliphatic rings. The van der Waals surface area contributed by atoms with E-state index in [0.29, 0.717) is 13.1 Å². The van der Waals surface area contributed by atoms with E-state index in [1.54, 1.807) is 14.2 Å². The fourth-order valence-electron chi connectivity index (χ4n) is 2.68. The van der Waals surface area contributed by atoms with Crippen LogP contribution in [0, 0.1) is 0 Å². The Balaban J connectivity index is 1.92. The van der Waals surface area contributed by atoms with E-state index in [1.165, 1.54) is 0 Å². The number of nitrogens with zero attached hydrogens (tertiary/aromatic N) is 2. The van der Waals surface area contributed by atoms with Gasteiger partial charge in [0.05, 0.1) is 19.9 Å². The molecule has 0 bridgehead atoms. The lowest BCUT2D eigenvalue weighted by Crippen LogP contribution is -2.52. The molecule has 6 heteroatoms. The van der Waals surface area contributed by atoms with Gasteiger partial charge in [0, 0.05) is 38.8 Å². The number of anilines is 1. The molecule has 0 aromatic heterocycles. The largest absolute Gasteiger partial charge is 0.497 e. The number of piperazine rings is 1. The summed E-state index contributed by atoms with van der Waals surface area (Å²) in [4.78, 5) is 16.2. The summed E-state index contributed by atoms with van der Waals surface area (Å²) in [6.45, 7) is 5.89. The molecule has 1 saturated heterocycles. The van der Waals surface area contributed by atoms with Crippen LogP contribution < -0.4 is 19.7 Å². The van der Waals surface area contributed by atoms with Crippen molar-refractivity contribution in [3.63, 3.8) is 0 Å². The van der Waals surface area contributed by atoms with Crippen LogP contribution in [0.25, 0.3) is 0 Å². The van der Waals surface area contributed by atoms with E-state index in [-0.39, 0.29) is 6.03 Å². The van der Waals surface area contributed by atoms with Gasteiger partial charge in [-0.3, -0.25) is 0 Å². The van der Waals surface area contributed by atoms with Crippen LogP contribution in [0.2, 0.25) is 0 Å². The third-order valence-corrected chi connectivity index (χ3v) is 4.10. The molecule has 0 aliphatic carbocycles. The Morgan fingerprint density at radius 3 is 2.52 bits per heavy atom. The first-order valence-electron chi connectivity index (χ1n) is 8.19. The highest BCUT2D eigenvalue weighted by Gasteiger charge is 2.22. The van der Waals surface area contributed by atoms with Gasteiger partial charge in [-0.1, -0.05) is 13.3 Å². The summed E-state index contributed by atoms with van der Waals surface area (Å²) < 4.78 is 10.7. The van der Waals surface area contributed by atoms with Crippen LogP contribution >= 0.6 is 0 Å². The minimum Gasteiger partial charge on any atom is -0.497 e. The van der Waals surface area contributed by atoms with Gasteiger partial charge in [-0.25, -0.2) is 4.79 Å². The molecule has 6 nitrogen and oxygen atoms in total. The fourth-order valence-corrected chi connectivity index (χ4v) is 2.68. The van der Waals surface area contributed by atoms with E-state index >= 15 is 0 Å². The lowest BCUT2D eigenvalue weighted by Gasteiger charge is -2.36. The van der Waals surface area contributed by atoms with Gasteiger partial charge in [-0.2, -0.15) is 0 Å². The smallest absolute Gasteiger partial charge is 0.317 e. The summed E-state index contributed by atoms with van der Waals surface area (Å²) in [5, 5.41) is 2.97. The van der Waals surface area contributed by atoms with Gasteiger partial charge in [0.2, 0.25) is 0 Å². The Labute approximate surface area is 138 Å². The van der Waals surface area contributed by atoms with Crippen LogP contribution in [0.4, 0.5) is 10.5 Å². The van der Waals surface area contributed by atoms with Gasteiger partial charge in [-0.05, 0) is 18.6 Å². The molecule has 1 aliphatic heterocycles. The summed E-state index contributed by atoms with van der Waals surface area (Å²) in [5.74, 6) is 1.57. The quantitative estimate of drug-likeness (QED) is 0.817. The number of hydrogen-bond donors (Lipinski definition) is 1. The number of carbonyl (C=O) groups excluding carboxylic acids is 1. The minimum atomic E-state index is 0.0415. The molecule has 1 fully saturated rings. The number of ether oxygens (including phenoxy) is 2. The number of hydrogen-bond acceptors (Lipinski definition) is 4. The SMILES string of the molecule is CCCCNC(=O)N1CCN(c2ccc(OC)cc2OC)CC1. The molecule has 0 atom stereocenters. The van der Waals surface area contributed by atoms with Crippen molar-refractivity contribution in [2.24, 2.45) is 0 Å². The number of methoxy groups -OCH3 is 2. The van der Waals surface area contributed by atoms with E-state index in [1.807, 2.05) is 23.1 Å². The summed E-state index contributed by atoms with van der Waals surface area (Å²) in [6, 6.07) is 5.87. The van der Waals surface area contributed by atoms with Crippen LogP contribution in [0.1, 0.15) is 19.8 Å². The molecule has 128 valence electrons. The second-order valence-electron chi connectivity index (χ2n) is 5.60. The standard InChI is InChI=1S/C17H27N3O3/c1-4-5-8-18-17(21)20-11-9-19(10-12-20)15-7-6-14(22-2)13-16(15)23-3/h6-7,13H,4-5,8-12H2,1-3H3,(H,18,21). The van der Waals surface area contributed by atoms with Gasteiger partial charge in [0.1, 0.15) is 11.5 Å². The predicted molar refractivity (Wildman–Crippen MR) is 91.6 cm³/mol. The Bertz CT molecular complexity index is 514. The monoisotopic (exact) mass is 321 g/mol. The highest BCUT2D eigenvalue weighted by atomic mass is 16.5. The van der Waals surface area contributed by atoms with E-state index in [2.05, 4.69) is 17.1 Å². The first kappa shape index (κ1) is 17.2. The second kappa shape index (κ2) is 8.50. The summed E-state index contributed by atoms with van der Waals surface area (Å²) in [5.41, 5.74) is 1.04. The maximum Gasteiger partial charge on any atom is 0.317 e. The number of unbranched alkanes of at least 4 members (excludes halogenated alkanes) is 1. The van der Waals surface area contributed by atoms with Crippen LogP contribution in [0.3, 0.4) is 0 Å². The van der Waals surface area contributed by atoms with Crippen LogP contribution in [-0.4, -0.2) is 57.9 Å². The lowest BCUT2D eigenvalue weighted by atomic mass is 10.2. The number of nitrogens with one attached hydrogen (secondary N) is 1. The summed E-state index contributed by atoms with van der Waals surface area (Å²) >= 11 is 0. The number of benzene rings is 1. The lowest BCUT2D eigenvalue weighted by molar-refractivity contribution is 0.194. The highest BCUT2D eigenvalue weighted by Crippen LogP contribution is 2.32. The van der Waals surface area contributed by atoms with Crippen LogP contribution in [0.15, 0.2) is 18.2 Å². The third-order valence-electron chi connectivity index (χ3n) is 4.10. The third kappa shape index (κ3) is 4.43. The Hall–Kier alpha value is -2.11. The van der Waals surface area contributed by atoms with Gasteiger partial charge in [-0.15, -0.1) is 0 Å². The molecule has 23 heavy (non-hydrogen) atoms. The molecule has 2 rings (SSSR count). The number of urea groups is 1. The van der Waals surface area contributed by atoms with Crippen molar-refractivity contribution in [3.8, 4) is 11.5 Å². The molecule has 0 spiro atoms. The molecule has 0 unspecified atom stereocenters. The maximum atomic E-state index is 12.1. The van der Waals surface area contributed by atoms with Crippen molar-refractivity contribution in [3.05, 3.63) is 18.2 Å². The molecule has 1 heterocycles. The molecule has 1 aromatic carbocycles. The molecule has 1 N–H and O–H groups in total. The second-order valence-corrected chi connectivity index (χ2v) is 5.60. The Morgan fingerprint density at radius 1 is 1.17 bits per heavy atom. The summed E-state index contributed by atoms with van der Waals surface area (Å²) in [6.07, 6.45) is 2.11. The predicted octanol–water partition coefficient (Wildman–Crippen LogP) is 2.34. The van der Waals surface area contributed by atoms with Crippen molar-refractivity contribution in [1.29, 1.82) is 0 Å². The first-order chi connectivity index (χ1) is 11.2. The summed E-state index contributed by atoms with van der Waals surface area (Å²) in [7, 11) is 3.31. The average molecular weight is 321 g/mol. The van der Waals surface area contributed by atoms with Gasteiger partial charge in [0.15, 0.2) is 0 Å². The van der Waals surface area contributed by atoms with Gasteiger partial charge in [0.25, 0.3) is 0 Å². The zero-order chi connectivity index (χ0) is 16.7. The highest BCUT2D eigenvalue weighted by molar-refractivity contribution is 5.74. The molecule has 0 radical (unpaired) electrons. The number of rotatable bonds is 6. The molecule has 2 amide bonds. The molecular formula is C17H27N3O3. The van der Waals surface area contributed by atoms with Crippen molar-refractivity contribution in [2.75, 3.05) is 51.8 Å². The van der Waals surface area contributed by atoms with Gasteiger partial charge < -0.3 is 24.6 Å². The topological polar surface area (TPSA) is 54.0 Å². The normalized spacial score (nSPS) is 14.6. The van der Waals surface area contributed by atoms with Crippen molar-refractivity contribution in [2.45, 2.75) is 19.8 Å². The van der Waals surface area contributed by atoms with Crippen molar-refractivity contribution in [1.82, 2.24) is 10.2 Å². The molecular weight excluding hydrogens is 294 g/mol. The maximum absolute atomic E-state index is 12.1. The van der Waals surface area contributed by atoms with E-state index in [9.17, 15) is 4.79 Å². The first-order valence-corrected chi connectivity index (χ1v) is 8.19. The fraction of sp³-hybridized carbons (Fsp3) is 0.588. The number of amides is 2.